The average Bonchev–Trinajstić information content (AvgIpc) is 2.62. The molecule has 0 spiro atoms. The highest BCUT2D eigenvalue weighted by Gasteiger charge is 2.18. The van der Waals surface area contributed by atoms with Gasteiger partial charge >= 0.3 is 0 Å². The van der Waals surface area contributed by atoms with Crippen LogP contribution in [0.4, 0.5) is 0 Å². The Balaban J connectivity index is 2.25. The number of rotatable bonds is 7. The van der Waals surface area contributed by atoms with Gasteiger partial charge in [0.1, 0.15) is 0 Å². The molecule has 106 valence electrons. The van der Waals surface area contributed by atoms with Crippen LogP contribution >= 0.6 is 0 Å². The summed E-state index contributed by atoms with van der Waals surface area (Å²) in [5, 5.41) is 0. The molecule has 2 N–H and O–H groups in total. The molecule has 0 unspecified atom stereocenters. The Bertz CT molecular complexity index is 236. The predicted molar refractivity (Wildman–Crippen MR) is 72.4 cm³/mol. The van der Waals surface area contributed by atoms with Gasteiger partial charge in [0.2, 0.25) is 5.91 Å². The first-order valence-corrected chi connectivity index (χ1v) is 6.97. The molecule has 1 heterocycles. The summed E-state index contributed by atoms with van der Waals surface area (Å²) in [6, 6.07) is 0. The third kappa shape index (κ3) is 5.80. The standard InChI is InChI=1S/C13H27N3O2/c1-18-12-11-15-7-4-8-16(10-9-15)13(17)5-2-3-6-14/h2-12,14H2,1H3. The summed E-state index contributed by atoms with van der Waals surface area (Å²) in [6.07, 6.45) is 3.57. The number of nitrogens with two attached hydrogens (primary N) is 1. The molecule has 0 aromatic heterocycles. The van der Waals surface area contributed by atoms with Gasteiger partial charge in [-0.2, -0.15) is 0 Å². The van der Waals surface area contributed by atoms with Crippen molar-refractivity contribution in [2.24, 2.45) is 5.73 Å². The Morgan fingerprint density at radius 2 is 2.06 bits per heavy atom. The van der Waals surface area contributed by atoms with Crippen molar-refractivity contribution in [1.29, 1.82) is 0 Å². The van der Waals surface area contributed by atoms with E-state index in [1.54, 1.807) is 7.11 Å². The fraction of sp³-hybridized carbons (Fsp3) is 0.923. The van der Waals surface area contributed by atoms with Crippen molar-refractivity contribution in [3.05, 3.63) is 0 Å². The molecule has 1 aliphatic rings. The van der Waals surface area contributed by atoms with Crippen LogP contribution in [0, 0.1) is 0 Å². The second-order valence-corrected chi connectivity index (χ2v) is 4.81. The van der Waals surface area contributed by atoms with Crippen LogP contribution in [-0.2, 0) is 9.53 Å². The van der Waals surface area contributed by atoms with Crippen LogP contribution in [0.15, 0.2) is 0 Å². The zero-order chi connectivity index (χ0) is 13.2. The first-order valence-electron chi connectivity index (χ1n) is 6.97. The molecule has 1 rings (SSSR count). The molecule has 1 amide bonds. The first-order chi connectivity index (χ1) is 8.77. The Kier molecular flexibility index (Phi) is 7.96. The Morgan fingerprint density at radius 3 is 2.78 bits per heavy atom. The van der Waals surface area contributed by atoms with E-state index < -0.39 is 0 Å². The molecule has 1 fully saturated rings. The molecule has 0 aromatic rings. The molecular formula is C13H27N3O2. The van der Waals surface area contributed by atoms with E-state index in [0.29, 0.717) is 13.0 Å². The SMILES string of the molecule is COCCN1CCCN(C(=O)CCCCN)CC1. The van der Waals surface area contributed by atoms with Crippen LogP contribution in [-0.4, -0.2) is 68.7 Å². The molecule has 0 saturated carbocycles. The zero-order valence-corrected chi connectivity index (χ0v) is 11.6. The number of ether oxygens (including phenoxy) is 1. The van der Waals surface area contributed by atoms with E-state index in [0.717, 1.165) is 58.6 Å². The topological polar surface area (TPSA) is 58.8 Å². The van der Waals surface area contributed by atoms with Crippen molar-refractivity contribution < 1.29 is 9.53 Å². The van der Waals surface area contributed by atoms with Crippen LogP contribution in [0.1, 0.15) is 25.7 Å². The van der Waals surface area contributed by atoms with Crippen molar-refractivity contribution in [3.8, 4) is 0 Å². The van der Waals surface area contributed by atoms with Gasteiger partial charge in [0.05, 0.1) is 6.61 Å². The first kappa shape index (κ1) is 15.4. The van der Waals surface area contributed by atoms with Gasteiger partial charge < -0.3 is 15.4 Å². The van der Waals surface area contributed by atoms with E-state index in [4.69, 9.17) is 10.5 Å². The third-order valence-corrected chi connectivity index (χ3v) is 3.40. The van der Waals surface area contributed by atoms with Gasteiger partial charge in [-0.1, -0.05) is 0 Å². The second-order valence-electron chi connectivity index (χ2n) is 4.81. The van der Waals surface area contributed by atoms with E-state index in [9.17, 15) is 4.79 Å². The van der Waals surface area contributed by atoms with Crippen molar-refractivity contribution in [1.82, 2.24) is 9.80 Å². The lowest BCUT2D eigenvalue weighted by molar-refractivity contribution is -0.131. The van der Waals surface area contributed by atoms with Gasteiger partial charge in [0.25, 0.3) is 0 Å². The minimum absolute atomic E-state index is 0.289. The molecule has 5 heteroatoms. The maximum absolute atomic E-state index is 12.0. The zero-order valence-electron chi connectivity index (χ0n) is 11.6. The summed E-state index contributed by atoms with van der Waals surface area (Å²) in [7, 11) is 1.73. The van der Waals surface area contributed by atoms with Crippen LogP contribution in [0.25, 0.3) is 0 Å². The number of carbonyl (C=O) groups is 1. The fourth-order valence-corrected chi connectivity index (χ4v) is 2.24. The molecule has 0 aromatic carbocycles. The van der Waals surface area contributed by atoms with E-state index in [1.165, 1.54) is 0 Å². The number of nitrogens with zero attached hydrogens (tertiary/aromatic N) is 2. The number of unbranched alkanes of at least 4 members (excludes halogenated alkanes) is 1. The third-order valence-electron chi connectivity index (χ3n) is 3.40. The average molecular weight is 257 g/mol. The molecule has 0 atom stereocenters. The highest BCUT2D eigenvalue weighted by atomic mass is 16.5. The Labute approximate surface area is 110 Å². The van der Waals surface area contributed by atoms with Crippen molar-refractivity contribution >= 4 is 5.91 Å². The maximum Gasteiger partial charge on any atom is 0.222 e. The van der Waals surface area contributed by atoms with Crippen LogP contribution < -0.4 is 5.73 Å². The van der Waals surface area contributed by atoms with Gasteiger partial charge in [0, 0.05) is 39.7 Å². The number of hydrogen-bond donors (Lipinski definition) is 1. The monoisotopic (exact) mass is 257 g/mol. The lowest BCUT2D eigenvalue weighted by Gasteiger charge is -2.21. The molecule has 18 heavy (non-hydrogen) atoms. The molecule has 1 aliphatic heterocycles. The summed E-state index contributed by atoms with van der Waals surface area (Å²) in [5.41, 5.74) is 5.44. The second kappa shape index (κ2) is 9.30. The smallest absolute Gasteiger partial charge is 0.222 e. The van der Waals surface area contributed by atoms with Crippen molar-refractivity contribution in [3.63, 3.8) is 0 Å². The Morgan fingerprint density at radius 1 is 1.22 bits per heavy atom. The van der Waals surface area contributed by atoms with Crippen LogP contribution in [0.3, 0.4) is 0 Å². The number of methoxy groups -OCH3 is 1. The van der Waals surface area contributed by atoms with Crippen molar-refractivity contribution in [2.45, 2.75) is 25.7 Å². The highest BCUT2D eigenvalue weighted by Crippen LogP contribution is 2.06. The van der Waals surface area contributed by atoms with Gasteiger partial charge in [-0.3, -0.25) is 9.69 Å². The Hall–Kier alpha value is -0.650. The summed E-state index contributed by atoms with van der Waals surface area (Å²) < 4.78 is 5.09. The van der Waals surface area contributed by atoms with E-state index in [-0.39, 0.29) is 5.91 Å². The lowest BCUT2D eigenvalue weighted by Crippen LogP contribution is -2.35. The van der Waals surface area contributed by atoms with Gasteiger partial charge in [0.15, 0.2) is 0 Å². The maximum atomic E-state index is 12.0. The van der Waals surface area contributed by atoms with Gasteiger partial charge in [-0.05, 0) is 32.4 Å². The largest absolute Gasteiger partial charge is 0.383 e. The predicted octanol–water partition coefficient (Wildman–Crippen LogP) is 0.296. The minimum atomic E-state index is 0.289. The fourth-order valence-electron chi connectivity index (χ4n) is 2.24. The molecular weight excluding hydrogens is 230 g/mol. The van der Waals surface area contributed by atoms with Gasteiger partial charge in [-0.25, -0.2) is 0 Å². The summed E-state index contributed by atoms with van der Waals surface area (Å²) in [4.78, 5) is 16.4. The van der Waals surface area contributed by atoms with Crippen LogP contribution in [0.2, 0.25) is 0 Å². The normalized spacial score (nSPS) is 17.8. The molecule has 5 nitrogen and oxygen atoms in total. The molecule has 0 bridgehead atoms. The number of amides is 1. The quantitative estimate of drug-likeness (QED) is 0.666. The number of carbonyl (C=O) groups excluding carboxylic acids is 1. The van der Waals surface area contributed by atoms with Gasteiger partial charge in [-0.15, -0.1) is 0 Å². The molecule has 1 saturated heterocycles. The molecule has 0 radical (unpaired) electrons. The summed E-state index contributed by atoms with van der Waals surface area (Å²) in [5.74, 6) is 0.289. The van der Waals surface area contributed by atoms with Crippen molar-refractivity contribution in [2.75, 3.05) is 53.0 Å². The van der Waals surface area contributed by atoms with E-state index >= 15 is 0 Å². The lowest BCUT2D eigenvalue weighted by atomic mass is 10.2. The summed E-state index contributed by atoms with van der Waals surface area (Å²) >= 11 is 0. The van der Waals surface area contributed by atoms with E-state index in [1.807, 2.05) is 4.90 Å². The highest BCUT2D eigenvalue weighted by molar-refractivity contribution is 5.76. The van der Waals surface area contributed by atoms with Crippen LogP contribution in [0.5, 0.6) is 0 Å². The summed E-state index contributed by atoms with van der Waals surface area (Å²) in [6.45, 7) is 6.19. The number of hydrogen-bond acceptors (Lipinski definition) is 4. The minimum Gasteiger partial charge on any atom is -0.383 e. The molecule has 0 aliphatic carbocycles. The van der Waals surface area contributed by atoms with E-state index in [2.05, 4.69) is 4.90 Å².